The molecular formula is C19H25N3O5. The van der Waals surface area contributed by atoms with Gasteiger partial charge in [0.05, 0.1) is 30.3 Å². The van der Waals surface area contributed by atoms with Gasteiger partial charge in [-0.25, -0.2) is 0 Å². The standard InChI is InChI=1S/C19H25N3O5/c1-3-9-26-16-11-14(15(22(24)25)12-17(16)27-10-4-2)21-18(23)19(13-20)7-5-6-8-19/h11-12H,3-10H2,1-2H3,(H,21,23). The Morgan fingerprint density at radius 2 is 1.78 bits per heavy atom. The first kappa shape index (κ1) is 20.5. The van der Waals surface area contributed by atoms with E-state index in [0.717, 1.165) is 25.7 Å². The zero-order chi connectivity index (χ0) is 19.9. The topological polar surface area (TPSA) is 114 Å². The van der Waals surface area contributed by atoms with E-state index >= 15 is 0 Å². The second-order valence-corrected chi connectivity index (χ2v) is 6.63. The maximum absolute atomic E-state index is 12.7. The minimum Gasteiger partial charge on any atom is -0.490 e. The number of benzene rings is 1. The molecule has 0 heterocycles. The van der Waals surface area contributed by atoms with Crippen LogP contribution in [0, 0.1) is 26.9 Å². The lowest BCUT2D eigenvalue weighted by Crippen LogP contribution is -2.32. The highest BCUT2D eigenvalue weighted by Gasteiger charge is 2.42. The highest BCUT2D eigenvalue weighted by Crippen LogP contribution is 2.42. The lowest BCUT2D eigenvalue weighted by atomic mass is 9.87. The van der Waals surface area contributed by atoms with Crippen LogP contribution in [0.15, 0.2) is 12.1 Å². The van der Waals surface area contributed by atoms with Crippen molar-refractivity contribution in [3.8, 4) is 17.6 Å². The zero-order valence-electron chi connectivity index (χ0n) is 15.7. The molecule has 27 heavy (non-hydrogen) atoms. The van der Waals surface area contributed by atoms with Crippen molar-refractivity contribution in [3.05, 3.63) is 22.2 Å². The summed E-state index contributed by atoms with van der Waals surface area (Å²) in [7, 11) is 0. The summed E-state index contributed by atoms with van der Waals surface area (Å²) in [5, 5.41) is 23.6. The number of rotatable bonds is 9. The molecule has 0 bridgehead atoms. The van der Waals surface area contributed by atoms with Gasteiger partial charge in [-0.2, -0.15) is 5.26 Å². The molecule has 0 unspecified atom stereocenters. The molecule has 1 N–H and O–H groups in total. The predicted octanol–water partition coefficient (Wildman–Crippen LogP) is 4.19. The fourth-order valence-electron chi connectivity index (χ4n) is 3.06. The number of ether oxygens (including phenoxy) is 2. The van der Waals surface area contributed by atoms with Crippen molar-refractivity contribution in [2.75, 3.05) is 18.5 Å². The fourth-order valence-corrected chi connectivity index (χ4v) is 3.06. The summed E-state index contributed by atoms with van der Waals surface area (Å²) in [6.07, 6.45) is 3.99. The first-order chi connectivity index (χ1) is 13.0. The lowest BCUT2D eigenvalue weighted by molar-refractivity contribution is -0.384. The number of nitrogens with one attached hydrogen (secondary N) is 1. The third-order valence-corrected chi connectivity index (χ3v) is 4.54. The number of nitro groups is 1. The first-order valence-corrected chi connectivity index (χ1v) is 9.28. The van der Waals surface area contributed by atoms with Crippen LogP contribution < -0.4 is 14.8 Å². The Balaban J connectivity index is 2.39. The molecule has 0 saturated heterocycles. The van der Waals surface area contributed by atoms with Crippen LogP contribution in [0.25, 0.3) is 0 Å². The van der Waals surface area contributed by atoms with E-state index in [4.69, 9.17) is 9.47 Å². The number of nitriles is 1. The average Bonchev–Trinajstić information content (AvgIpc) is 3.15. The lowest BCUT2D eigenvalue weighted by Gasteiger charge is -2.20. The van der Waals surface area contributed by atoms with Gasteiger partial charge in [-0.15, -0.1) is 0 Å². The summed E-state index contributed by atoms with van der Waals surface area (Å²) in [5.74, 6) is 0.101. The van der Waals surface area contributed by atoms with Crippen molar-refractivity contribution in [3.63, 3.8) is 0 Å². The van der Waals surface area contributed by atoms with Crippen molar-refractivity contribution in [2.45, 2.75) is 52.4 Å². The van der Waals surface area contributed by atoms with Crippen LogP contribution in [-0.2, 0) is 4.79 Å². The quantitative estimate of drug-likeness (QED) is 0.511. The molecule has 146 valence electrons. The number of carbonyl (C=O) groups is 1. The predicted molar refractivity (Wildman–Crippen MR) is 99.8 cm³/mol. The van der Waals surface area contributed by atoms with Gasteiger partial charge in [-0.3, -0.25) is 14.9 Å². The van der Waals surface area contributed by atoms with E-state index in [-0.39, 0.29) is 17.1 Å². The van der Waals surface area contributed by atoms with Crippen LogP contribution in [-0.4, -0.2) is 24.0 Å². The monoisotopic (exact) mass is 375 g/mol. The highest BCUT2D eigenvalue weighted by molar-refractivity contribution is 5.99. The molecule has 0 radical (unpaired) electrons. The molecular weight excluding hydrogens is 350 g/mol. The highest BCUT2D eigenvalue weighted by atomic mass is 16.6. The van der Waals surface area contributed by atoms with Crippen LogP contribution in [0.2, 0.25) is 0 Å². The number of nitro benzene ring substituents is 1. The molecule has 2 rings (SSSR count). The van der Waals surface area contributed by atoms with Crippen LogP contribution in [0.4, 0.5) is 11.4 Å². The summed E-state index contributed by atoms with van der Waals surface area (Å²) in [5.41, 5.74) is -1.40. The number of nitrogens with zero attached hydrogens (tertiary/aromatic N) is 2. The fraction of sp³-hybridized carbons (Fsp3) is 0.579. The Morgan fingerprint density at radius 3 is 2.26 bits per heavy atom. The summed E-state index contributed by atoms with van der Waals surface area (Å²) in [6.45, 7) is 4.68. The largest absolute Gasteiger partial charge is 0.490 e. The molecule has 1 fully saturated rings. The normalized spacial score (nSPS) is 15.0. The third kappa shape index (κ3) is 4.67. The molecule has 1 amide bonds. The number of amides is 1. The van der Waals surface area contributed by atoms with Gasteiger partial charge in [-0.1, -0.05) is 26.7 Å². The molecule has 1 saturated carbocycles. The minimum atomic E-state index is -1.13. The van der Waals surface area contributed by atoms with Gasteiger partial charge in [0.1, 0.15) is 11.1 Å². The maximum Gasteiger partial charge on any atom is 0.296 e. The number of hydrogen-bond donors (Lipinski definition) is 1. The number of hydrogen-bond acceptors (Lipinski definition) is 6. The number of anilines is 1. The summed E-state index contributed by atoms with van der Waals surface area (Å²) >= 11 is 0. The second kappa shape index (κ2) is 9.21. The number of carbonyl (C=O) groups excluding carboxylic acids is 1. The first-order valence-electron chi connectivity index (χ1n) is 9.28. The van der Waals surface area contributed by atoms with Gasteiger partial charge < -0.3 is 14.8 Å². The molecule has 1 aliphatic carbocycles. The molecule has 0 aromatic heterocycles. The molecule has 8 nitrogen and oxygen atoms in total. The third-order valence-electron chi connectivity index (χ3n) is 4.54. The van der Waals surface area contributed by atoms with Gasteiger partial charge >= 0.3 is 0 Å². The van der Waals surface area contributed by atoms with Crippen molar-refractivity contribution in [1.29, 1.82) is 5.26 Å². The van der Waals surface area contributed by atoms with E-state index < -0.39 is 16.2 Å². The van der Waals surface area contributed by atoms with E-state index in [9.17, 15) is 20.2 Å². The minimum absolute atomic E-state index is 0.0153. The van der Waals surface area contributed by atoms with Crippen LogP contribution >= 0.6 is 0 Å². The van der Waals surface area contributed by atoms with Gasteiger partial charge in [-0.05, 0) is 25.7 Å². The van der Waals surface area contributed by atoms with Crippen LogP contribution in [0.1, 0.15) is 52.4 Å². The van der Waals surface area contributed by atoms with E-state index in [1.807, 2.05) is 13.8 Å². The van der Waals surface area contributed by atoms with Gasteiger partial charge in [0, 0.05) is 6.07 Å². The zero-order valence-corrected chi connectivity index (χ0v) is 15.7. The molecule has 1 aliphatic rings. The smallest absolute Gasteiger partial charge is 0.296 e. The molecule has 1 aromatic carbocycles. The van der Waals surface area contributed by atoms with E-state index in [1.54, 1.807) is 0 Å². The summed E-state index contributed by atoms with van der Waals surface area (Å²) in [4.78, 5) is 23.6. The van der Waals surface area contributed by atoms with E-state index in [1.165, 1.54) is 12.1 Å². The second-order valence-electron chi connectivity index (χ2n) is 6.63. The van der Waals surface area contributed by atoms with Crippen molar-refractivity contribution in [2.24, 2.45) is 5.41 Å². The molecule has 0 atom stereocenters. The summed E-state index contributed by atoms with van der Waals surface area (Å²) < 4.78 is 11.2. The van der Waals surface area contributed by atoms with E-state index in [0.29, 0.717) is 31.8 Å². The van der Waals surface area contributed by atoms with Crippen LogP contribution in [0.5, 0.6) is 11.5 Å². The molecule has 1 aromatic rings. The van der Waals surface area contributed by atoms with Crippen molar-refractivity contribution < 1.29 is 19.2 Å². The van der Waals surface area contributed by atoms with E-state index in [2.05, 4.69) is 11.4 Å². The van der Waals surface area contributed by atoms with Crippen molar-refractivity contribution in [1.82, 2.24) is 0 Å². The SMILES string of the molecule is CCCOc1cc(NC(=O)C2(C#N)CCCC2)c([N+](=O)[O-])cc1OCCC. The van der Waals surface area contributed by atoms with Gasteiger partial charge in [0.2, 0.25) is 5.91 Å². The Kier molecular flexibility index (Phi) is 6.99. The van der Waals surface area contributed by atoms with Crippen molar-refractivity contribution >= 4 is 17.3 Å². The maximum atomic E-state index is 12.7. The Hall–Kier alpha value is -2.82. The van der Waals surface area contributed by atoms with Gasteiger partial charge in [0.25, 0.3) is 5.69 Å². The molecule has 0 spiro atoms. The Labute approximate surface area is 158 Å². The van der Waals surface area contributed by atoms with Gasteiger partial charge in [0.15, 0.2) is 11.5 Å². The average molecular weight is 375 g/mol. The van der Waals surface area contributed by atoms with Crippen LogP contribution in [0.3, 0.4) is 0 Å². The Morgan fingerprint density at radius 1 is 1.22 bits per heavy atom. The summed E-state index contributed by atoms with van der Waals surface area (Å²) in [6, 6.07) is 4.78. The molecule has 0 aliphatic heterocycles. The molecule has 8 heteroatoms. The Bertz CT molecular complexity index is 736.